The summed E-state index contributed by atoms with van der Waals surface area (Å²) in [6.45, 7) is 1.33. The van der Waals surface area contributed by atoms with E-state index >= 15 is 0 Å². The van der Waals surface area contributed by atoms with Crippen molar-refractivity contribution in [1.82, 2.24) is 5.32 Å². The van der Waals surface area contributed by atoms with Gasteiger partial charge in [0.2, 0.25) is 10.0 Å². The standard InChI is InChI=1S/C21H19BrN2O5S/c1-13(16-8-4-6-14-5-2-3-7-17(14)16)24-20(25)12-29-21(26)18-11-15(30(23,27)28)9-10-19(18)22/h2-11,13H,12H2,1H3,(H,24,25)(H2,23,27,28). The topological polar surface area (TPSA) is 116 Å². The third kappa shape index (κ3) is 5.05. The average Bonchev–Trinajstić information content (AvgIpc) is 2.71. The Labute approximate surface area is 182 Å². The smallest absolute Gasteiger partial charge is 0.339 e. The van der Waals surface area contributed by atoms with Crippen LogP contribution in [0.5, 0.6) is 0 Å². The molecule has 9 heteroatoms. The maximum Gasteiger partial charge on any atom is 0.339 e. The molecule has 1 amide bonds. The Morgan fingerprint density at radius 1 is 1.10 bits per heavy atom. The molecule has 0 saturated heterocycles. The minimum absolute atomic E-state index is 0.0450. The number of benzene rings is 3. The van der Waals surface area contributed by atoms with Crippen molar-refractivity contribution in [1.29, 1.82) is 0 Å². The van der Waals surface area contributed by atoms with Crippen molar-refractivity contribution in [3.05, 3.63) is 76.3 Å². The van der Waals surface area contributed by atoms with Gasteiger partial charge in [0, 0.05) is 4.47 Å². The molecule has 156 valence electrons. The van der Waals surface area contributed by atoms with Crippen LogP contribution >= 0.6 is 15.9 Å². The summed E-state index contributed by atoms with van der Waals surface area (Å²) in [6, 6.07) is 17.1. The number of amides is 1. The van der Waals surface area contributed by atoms with E-state index in [1.807, 2.05) is 49.4 Å². The summed E-state index contributed by atoms with van der Waals surface area (Å²) < 4.78 is 28.3. The first-order valence-electron chi connectivity index (χ1n) is 8.93. The third-order valence-corrected chi connectivity index (χ3v) is 6.09. The van der Waals surface area contributed by atoms with Gasteiger partial charge in [0.1, 0.15) is 0 Å². The van der Waals surface area contributed by atoms with Crippen molar-refractivity contribution >= 4 is 48.6 Å². The first-order valence-corrected chi connectivity index (χ1v) is 11.3. The quantitative estimate of drug-likeness (QED) is 0.514. The second-order valence-corrected chi connectivity index (χ2v) is 9.04. The van der Waals surface area contributed by atoms with Crippen LogP contribution in [-0.4, -0.2) is 26.9 Å². The number of nitrogens with two attached hydrogens (primary N) is 1. The van der Waals surface area contributed by atoms with Crippen LogP contribution in [0.1, 0.15) is 28.9 Å². The van der Waals surface area contributed by atoms with Gasteiger partial charge in [0.15, 0.2) is 6.61 Å². The Kier molecular flexibility index (Phi) is 6.55. The zero-order chi connectivity index (χ0) is 21.9. The summed E-state index contributed by atoms with van der Waals surface area (Å²) in [5.41, 5.74) is 0.896. The van der Waals surface area contributed by atoms with Crippen LogP contribution in [0.2, 0.25) is 0 Å². The molecule has 1 atom stereocenters. The molecular weight excluding hydrogens is 472 g/mol. The third-order valence-electron chi connectivity index (χ3n) is 4.49. The molecule has 0 spiro atoms. The van der Waals surface area contributed by atoms with Gasteiger partial charge < -0.3 is 10.1 Å². The highest BCUT2D eigenvalue weighted by atomic mass is 79.9. The predicted octanol–water partition coefficient (Wildman–Crippen LogP) is 3.28. The summed E-state index contributed by atoms with van der Waals surface area (Å²) in [6.07, 6.45) is 0. The lowest BCUT2D eigenvalue weighted by Gasteiger charge is -2.17. The van der Waals surface area contributed by atoms with Gasteiger partial charge in [0.25, 0.3) is 5.91 Å². The van der Waals surface area contributed by atoms with Gasteiger partial charge in [-0.15, -0.1) is 0 Å². The number of nitrogens with one attached hydrogen (secondary N) is 1. The number of sulfonamides is 1. The number of esters is 1. The van der Waals surface area contributed by atoms with Gasteiger partial charge in [-0.3, -0.25) is 4.79 Å². The van der Waals surface area contributed by atoms with E-state index in [1.54, 1.807) is 0 Å². The van der Waals surface area contributed by atoms with Crippen LogP contribution in [0.15, 0.2) is 70.0 Å². The lowest BCUT2D eigenvalue weighted by molar-refractivity contribution is -0.124. The molecule has 0 bridgehead atoms. The molecule has 0 radical (unpaired) electrons. The minimum Gasteiger partial charge on any atom is -0.452 e. The summed E-state index contributed by atoms with van der Waals surface area (Å²) in [5.74, 6) is -1.33. The molecule has 0 aliphatic heterocycles. The number of rotatable bonds is 6. The van der Waals surface area contributed by atoms with Crippen molar-refractivity contribution in [3.8, 4) is 0 Å². The monoisotopic (exact) mass is 490 g/mol. The molecule has 0 heterocycles. The highest BCUT2D eigenvalue weighted by molar-refractivity contribution is 9.10. The van der Waals surface area contributed by atoms with E-state index < -0.39 is 28.5 Å². The van der Waals surface area contributed by atoms with Crippen LogP contribution < -0.4 is 10.5 Å². The number of halogens is 1. The number of carbonyl (C=O) groups excluding carboxylic acids is 2. The number of hydrogen-bond acceptors (Lipinski definition) is 5. The van der Waals surface area contributed by atoms with E-state index in [0.717, 1.165) is 22.4 Å². The Morgan fingerprint density at radius 2 is 1.80 bits per heavy atom. The zero-order valence-electron chi connectivity index (χ0n) is 16.0. The van der Waals surface area contributed by atoms with Crippen LogP contribution in [0.3, 0.4) is 0 Å². The highest BCUT2D eigenvalue weighted by Crippen LogP contribution is 2.24. The SMILES string of the molecule is CC(NC(=O)COC(=O)c1cc(S(N)(=O)=O)ccc1Br)c1cccc2ccccc12. The molecule has 3 aromatic rings. The van der Waals surface area contributed by atoms with E-state index in [0.29, 0.717) is 4.47 Å². The average molecular weight is 491 g/mol. The van der Waals surface area contributed by atoms with E-state index in [1.165, 1.54) is 12.1 Å². The molecule has 0 saturated carbocycles. The van der Waals surface area contributed by atoms with Crippen molar-refractivity contribution in [2.24, 2.45) is 5.14 Å². The number of ether oxygens (including phenoxy) is 1. The minimum atomic E-state index is -3.98. The maximum absolute atomic E-state index is 12.3. The van der Waals surface area contributed by atoms with Gasteiger partial charge in [-0.25, -0.2) is 18.4 Å². The second kappa shape index (κ2) is 8.95. The van der Waals surface area contributed by atoms with Gasteiger partial charge >= 0.3 is 5.97 Å². The Balaban J connectivity index is 1.67. The zero-order valence-corrected chi connectivity index (χ0v) is 18.4. The van der Waals surface area contributed by atoms with Crippen molar-refractivity contribution in [2.45, 2.75) is 17.9 Å². The van der Waals surface area contributed by atoms with Crippen molar-refractivity contribution < 1.29 is 22.7 Å². The summed E-state index contributed by atoms with van der Waals surface area (Å²) >= 11 is 3.16. The number of fused-ring (bicyclic) bond motifs is 1. The largest absolute Gasteiger partial charge is 0.452 e. The van der Waals surface area contributed by atoms with E-state index in [9.17, 15) is 18.0 Å². The van der Waals surface area contributed by atoms with Crippen molar-refractivity contribution in [3.63, 3.8) is 0 Å². The number of hydrogen-bond donors (Lipinski definition) is 2. The van der Waals surface area contributed by atoms with Crippen molar-refractivity contribution in [2.75, 3.05) is 6.61 Å². The molecule has 3 rings (SSSR count). The highest BCUT2D eigenvalue weighted by Gasteiger charge is 2.19. The fraction of sp³-hybridized carbons (Fsp3) is 0.143. The first kappa shape index (κ1) is 21.9. The van der Waals surface area contributed by atoms with E-state index in [2.05, 4.69) is 21.2 Å². The van der Waals surface area contributed by atoms with Gasteiger partial charge in [-0.05, 0) is 57.4 Å². The van der Waals surface area contributed by atoms with Crippen LogP contribution in [0, 0.1) is 0 Å². The lowest BCUT2D eigenvalue weighted by Crippen LogP contribution is -2.31. The van der Waals surface area contributed by atoms with Crippen LogP contribution in [0.4, 0.5) is 0 Å². The van der Waals surface area contributed by atoms with Gasteiger partial charge in [0.05, 0.1) is 16.5 Å². The fourth-order valence-corrected chi connectivity index (χ4v) is 3.98. The van der Waals surface area contributed by atoms with E-state index in [-0.39, 0.29) is 16.5 Å². The predicted molar refractivity (Wildman–Crippen MR) is 116 cm³/mol. The van der Waals surface area contributed by atoms with E-state index in [4.69, 9.17) is 9.88 Å². The van der Waals surface area contributed by atoms with Crippen LogP contribution in [0.25, 0.3) is 10.8 Å². The number of primary sulfonamides is 1. The summed E-state index contributed by atoms with van der Waals surface area (Å²) in [5, 5.41) is 9.97. The Morgan fingerprint density at radius 3 is 2.53 bits per heavy atom. The molecular formula is C21H19BrN2O5S. The molecule has 0 fully saturated rings. The Bertz CT molecular complexity index is 1220. The molecule has 30 heavy (non-hydrogen) atoms. The Hall–Kier alpha value is -2.75. The molecule has 0 aliphatic carbocycles. The number of carbonyl (C=O) groups is 2. The first-order chi connectivity index (χ1) is 14.2. The summed E-state index contributed by atoms with van der Waals surface area (Å²) in [7, 11) is -3.98. The molecule has 7 nitrogen and oxygen atoms in total. The molecule has 0 aromatic heterocycles. The molecule has 1 unspecified atom stereocenters. The van der Waals surface area contributed by atoms with Gasteiger partial charge in [-0.2, -0.15) is 0 Å². The fourth-order valence-electron chi connectivity index (χ4n) is 3.04. The normalized spacial score (nSPS) is 12.4. The summed E-state index contributed by atoms with van der Waals surface area (Å²) in [4.78, 5) is 24.4. The molecule has 3 aromatic carbocycles. The maximum atomic E-state index is 12.3. The van der Waals surface area contributed by atoms with Gasteiger partial charge in [-0.1, -0.05) is 42.5 Å². The molecule has 0 aliphatic rings. The lowest BCUT2D eigenvalue weighted by atomic mass is 10.00. The van der Waals surface area contributed by atoms with Crippen LogP contribution in [-0.2, 0) is 19.6 Å². The molecule has 3 N–H and O–H groups in total. The second-order valence-electron chi connectivity index (χ2n) is 6.62.